The summed E-state index contributed by atoms with van der Waals surface area (Å²) in [5, 5.41) is 8.89. The van der Waals surface area contributed by atoms with Crippen LogP contribution in [0.4, 0.5) is 0 Å². The standard InChI is InChI=1S/C3H3ClO2.Na/c1-2(4)3(5)6;/h1H2,(H,5,6);/q;+1/p-1. The van der Waals surface area contributed by atoms with Gasteiger partial charge in [0.25, 0.3) is 0 Å². The van der Waals surface area contributed by atoms with Crippen molar-refractivity contribution in [2.75, 3.05) is 0 Å². The van der Waals surface area contributed by atoms with E-state index in [2.05, 4.69) is 6.58 Å². The zero-order chi connectivity index (χ0) is 5.15. The number of carbonyl (C=O) groups excluding carboxylic acids is 1. The number of carboxylic acid groups (broad SMARTS) is 1. The molecule has 0 amide bonds. The van der Waals surface area contributed by atoms with Crippen LogP contribution in [0.15, 0.2) is 11.6 Å². The summed E-state index contributed by atoms with van der Waals surface area (Å²) in [6, 6.07) is 0. The molecule has 0 unspecified atom stereocenters. The SMILES string of the molecule is C=C(Cl)C(=O)[O-].[Na+]. The minimum atomic E-state index is -1.42. The van der Waals surface area contributed by atoms with Gasteiger partial charge in [-0.05, 0) is 0 Å². The molecule has 0 heterocycles. The molecule has 0 aliphatic rings. The van der Waals surface area contributed by atoms with E-state index in [0.29, 0.717) is 0 Å². The fourth-order valence-electron chi connectivity index (χ4n) is 0. The Morgan fingerprint density at radius 3 is 1.86 bits per heavy atom. The van der Waals surface area contributed by atoms with Gasteiger partial charge < -0.3 is 9.90 Å². The zero-order valence-electron chi connectivity index (χ0n) is 3.90. The van der Waals surface area contributed by atoms with Crippen molar-refractivity contribution in [3.8, 4) is 0 Å². The van der Waals surface area contributed by atoms with E-state index < -0.39 is 11.0 Å². The van der Waals surface area contributed by atoms with Gasteiger partial charge in [0, 0.05) is 0 Å². The van der Waals surface area contributed by atoms with Crippen LogP contribution >= 0.6 is 11.6 Å². The maximum absolute atomic E-state index is 9.36. The van der Waals surface area contributed by atoms with Crippen LogP contribution in [0, 0.1) is 0 Å². The average molecular weight is 128 g/mol. The molecule has 7 heavy (non-hydrogen) atoms. The molecule has 0 saturated carbocycles. The van der Waals surface area contributed by atoms with Gasteiger partial charge in [-0.1, -0.05) is 18.2 Å². The number of carbonyl (C=O) groups is 1. The number of halogens is 1. The smallest absolute Gasteiger partial charge is 0.544 e. The van der Waals surface area contributed by atoms with Crippen molar-refractivity contribution in [3.63, 3.8) is 0 Å². The predicted octanol–water partition coefficient (Wildman–Crippen LogP) is -3.51. The number of hydrogen-bond acceptors (Lipinski definition) is 2. The number of rotatable bonds is 1. The quantitative estimate of drug-likeness (QED) is 0.272. The van der Waals surface area contributed by atoms with Crippen LogP contribution in [0.3, 0.4) is 0 Å². The summed E-state index contributed by atoms with van der Waals surface area (Å²) < 4.78 is 0. The third-order valence-corrected chi connectivity index (χ3v) is 0.376. The molecule has 0 bridgehead atoms. The van der Waals surface area contributed by atoms with Gasteiger partial charge >= 0.3 is 29.6 Å². The van der Waals surface area contributed by atoms with Crippen molar-refractivity contribution >= 4 is 17.6 Å². The maximum atomic E-state index is 9.36. The van der Waals surface area contributed by atoms with Crippen molar-refractivity contribution in [1.29, 1.82) is 0 Å². The van der Waals surface area contributed by atoms with E-state index >= 15 is 0 Å². The fourth-order valence-corrected chi connectivity index (χ4v) is 0. The second kappa shape index (κ2) is 4.65. The third kappa shape index (κ3) is 6.50. The first-order valence-electron chi connectivity index (χ1n) is 1.20. The minimum Gasteiger partial charge on any atom is -0.544 e. The summed E-state index contributed by atoms with van der Waals surface area (Å²) in [6.07, 6.45) is 0. The molecule has 4 heteroatoms. The average Bonchev–Trinajstić information content (AvgIpc) is 1.36. The second-order valence-electron chi connectivity index (χ2n) is 0.692. The van der Waals surface area contributed by atoms with E-state index in [-0.39, 0.29) is 29.6 Å². The van der Waals surface area contributed by atoms with Crippen LogP contribution < -0.4 is 34.7 Å². The molecule has 34 valence electrons. The van der Waals surface area contributed by atoms with Crippen LogP contribution in [0.1, 0.15) is 0 Å². The molecule has 0 atom stereocenters. The Hall–Kier alpha value is 0.500. The predicted molar refractivity (Wildman–Crippen MR) is 20.0 cm³/mol. The zero-order valence-corrected chi connectivity index (χ0v) is 6.66. The minimum absolute atomic E-state index is 0. The summed E-state index contributed by atoms with van der Waals surface area (Å²) in [5.74, 6) is -1.42. The largest absolute Gasteiger partial charge is 1.00 e. The van der Waals surface area contributed by atoms with Crippen molar-refractivity contribution in [3.05, 3.63) is 11.6 Å². The number of hydrogen-bond donors (Lipinski definition) is 0. The monoisotopic (exact) mass is 128 g/mol. The Morgan fingerprint density at radius 1 is 1.71 bits per heavy atom. The van der Waals surface area contributed by atoms with E-state index in [1.165, 1.54) is 0 Å². The molecule has 2 nitrogen and oxygen atoms in total. The Kier molecular flexibility index (Phi) is 6.96. The topological polar surface area (TPSA) is 40.1 Å². The van der Waals surface area contributed by atoms with E-state index in [0.717, 1.165) is 0 Å². The molecule has 0 spiro atoms. The Labute approximate surface area is 68.5 Å². The molecule has 0 aromatic rings. The maximum Gasteiger partial charge on any atom is 1.00 e. The third-order valence-electron chi connectivity index (χ3n) is 0.221. The van der Waals surface area contributed by atoms with Crippen molar-refractivity contribution in [1.82, 2.24) is 0 Å². The van der Waals surface area contributed by atoms with E-state index in [1.54, 1.807) is 0 Å². The van der Waals surface area contributed by atoms with Gasteiger partial charge in [-0.3, -0.25) is 0 Å². The van der Waals surface area contributed by atoms with Gasteiger partial charge in [-0.2, -0.15) is 0 Å². The van der Waals surface area contributed by atoms with E-state index in [1.807, 2.05) is 0 Å². The Bertz CT molecular complexity index is 78.9. The van der Waals surface area contributed by atoms with Gasteiger partial charge in [0.1, 0.15) is 0 Å². The fraction of sp³-hybridized carbons (Fsp3) is 0. The summed E-state index contributed by atoms with van der Waals surface area (Å²) in [4.78, 5) is 9.36. The van der Waals surface area contributed by atoms with Gasteiger partial charge in [-0.15, -0.1) is 0 Å². The molecular formula is C3H2ClNaO2. The van der Waals surface area contributed by atoms with Crippen molar-refractivity contribution < 1.29 is 39.5 Å². The summed E-state index contributed by atoms with van der Waals surface area (Å²) in [6.45, 7) is 2.86. The molecule has 0 rings (SSSR count). The first kappa shape index (κ1) is 10.5. The van der Waals surface area contributed by atoms with Gasteiger partial charge in [0.2, 0.25) is 0 Å². The molecule has 0 aromatic carbocycles. The number of aliphatic carboxylic acids is 1. The van der Waals surface area contributed by atoms with Crippen molar-refractivity contribution in [2.24, 2.45) is 0 Å². The molecule has 0 aliphatic heterocycles. The van der Waals surface area contributed by atoms with Crippen LogP contribution in [0.2, 0.25) is 0 Å². The van der Waals surface area contributed by atoms with Gasteiger partial charge in [0.05, 0.1) is 11.0 Å². The van der Waals surface area contributed by atoms with Crippen LogP contribution in [0.5, 0.6) is 0 Å². The molecule has 0 N–H and O–H groups in total. The Morgan fingerprint density at radius 2 is 1.86 bits per heavy atom. The molecule has 0 fully saturated rings. The molecular weight excluding hydrogens is 126 g/mol. The van der Waals surface area contributed by atoms with Crippen LogP contribution in [-0.4, -0.2) is 5.97 Å². The molecule has 0 saturated heterocycles. The van der Waals surface area contributed by atoms with Gasteiger partial charge in [-0.25, -0.2) is 0 Å². The number of carboxylic acids is 1. The van der Waals surface area contributed by atoms with Crippen LogP contribution in [0.25, 0.3) is 0 Å². The second-order valence-corrected chi connectivity index (χ2v) is 1.15. The first-order valence-corrected chi connectivity index (χ1v) is 1.58. The summed E-state index contributed by atoms with van der Waals surface area (Å²) in [7, 11) is 0. The summed E-state index contributed by atoms with van der Waals surface area (Å²) in [5.41, 5.74) is 0. The molecule has 0 radical (unpaired) electrons. The Balaban J connectivity index is 0. The van der Waals surface area contributed by atoms with Crippen molar-refractivity contribution in [2.45, 2.75) is 0 Å². The van der Waals surface area contributed by atoms with Crippen LogP contribution in [-0.2, 0) is 4.79 Å². The molecule has 0 aromatic heterocycles. The summed E-state index contributed by atoms with van der Waals surface area (Å²) >= 11 is 4.76. The van der Waals surface area contributed by atoms with E-state index in [4.69, 9.17) is 11.6 Å². The normalized spacial score (nSPS) is 6.43. The van der Waals surface area contributed by atoms with E-state index in [9.17, 15) is 9.90 Å². The van der Waals surface area contributed by atoms with Gasteiger partial charge in [0.15, 0.2) is 0 Å². The molecule has 0 aliphatic carbocycles. The first-order chi connectivity index (χ1) is 2.64.